The van der Waals surface area contributed by atoms with Crippen LogP contribution in [0.3, 0.4) is 0 Å². The molecule has 0 aliphatic rings. The third-order valence-corrected chi connectivity index (χ3v) is 0.818. The van der Waals surface area contributed by atoms with Gasteiger partial charge < -0.3 is 15.2 Å². The molecule has 0 spiro atoms. The molecule has 10 heavy (non-hydrogen) atoms. The zero-order valence-corrected chi connectivity index (χ0v) is 6.09. The first-order chi connectivity index (χ1) is 4.81. The van der Waals surface area contributed by atoms with Crippen molar-refractivity contribution < 1.29 is 14.6 Å². The summed E-state index contributed by atoms with van der Waals surface area (Å²) >= 11 is 0. The van der Waals surface area contributed by atoms with Gasteiger partial charge in [0, 0.05) is 6.54 Å². The standard InChI is InChI=1S/C6H13NO3/c1-2-5-10-6(9)7-3-4-8/h8H,2-5H2,1H3,(H,7,9). The van der Waals surface area contributed by atoms with E-state index in [0.717, 1.165) is 6.42 Å². The van der Waals surface area contributed by atoms with Gasteiger partial charge in [-0.2, -0.15) is 0 Å². The van der Waals surface area contributed by atoms with Gasteiger partial charge >= 0.3 is 6.09 Å². The summed E-state index contributed by atoms with van der Waals surface area (Å²) in [6.07, 6.45) is 0.350. The Labute approximate surface area is 60.2 Å². The summed E-state index contributed by atoms with van der Waals surface area (Å²) in [5, 5.41) is 10.6. The quantitative estimate of drug-likeness (QED) is 0.593. The maximum absolute atomic E-state index is 10.5. The Morgan fingerprint density at radius 3 is 2.90 bits per heavy atom. The van der Waals surface area contributed by atoms with Crippen molar-refractivity contribution in [1.82, 2.24) is 5.32 Å². The first-order valence-electron chi connectivity index (χ1n) is 3.32. The smallest absolute Gasteiger partial charge is 0.407 e. The predicted molar refractivity (Wildman–Crippen MR) is 36.7 cm³/mol. The fourth-order valence-electron chi connectivity index (χ4n) is 0.404. The number of rotatable bonds is 4. The molecule has 0 heterocycles. The van der Waals surface area contributed by atoms with Gasteiger partial charge in [-0.1, -0.05) is 6.92 Å². The zero-order valence-electron chi connectivity index (χ0n) is 6.09. The fourth-order valence-corrected chi connectivity index (χ4v) is 0.404. The van der Waals surface area contributed by atoms with Gasteiger partial charge in [0.15, 0.2) is 0 Å². The van der Waals surface area contributed by atoms with E-state index < -0.39 is 6.09 Å². The van der Waals surface area contributed by atoms with Gasteiger partial charge in [0.2, 0.25) is 0 Å². The van der Waals surface area contributed by atoms with Crippen LogP contribution in [0.25, 0.3) is 0 Å². The largest absolute Gasteiger partial charge is 0.450 e. The van der Waals surface area contributed by atoms with Crippen LogP contribution in [0.4, 0.5) is 4.79 Å². The molecule has 0 aromatic rings. The molecule has 4 nitrogen and oxygen atoms in total. The minimum absolute atomic E-state index is 0.0543. The summed E-state index contributed by atoms with van der Waals surface area (Å²) < 4.78 is 4.63. The van der Waals surface area contributed by atoms with Gasteiger partial charge in [-0.15, -0.1) is 0 Å². The number of carbonyl (C=O) groups excluding carboxylic acids is 1. The molecule has 4 heteroatoms. The Morgan fingerprint density at radius 2 is 2.40 bits per heavy atom. The Hall–Kier alpha value is -0.770. The van der Waals surface area contributed by atoms with Crippen LogP contribution in [0.5, 0.6) is 0 Å². The highest BCUT2D eigenvalue weighted by Crippen LogP contribution is 1.80. The number of ether oxygens (including phenoxy) is 1. The lowest BCUT2D eigenvalue weighted by Gasteiger charge is -2.02. The van der Waals surface area contributed by atoms with Crippen LogP contribution >= 0.6 is 0 Å². The number of amides is 1. The molecule has 0 aliphatic carbocycles. The molecule has 0 radical (unpaired) electrons. The fraction of sp³-hybridized carbons (Fsp3) is 0.833. The van der Waals surface area contributed by atoms with Gasteiger partial charge in [-0.25, -0.2) is 4.79 Å². The Morgan fingerprint density at radius 1 is 1.70 bits per heavy atom. The van der Waals surface area contributed by atoms with E-state index in [9.17, 15) is 4.79 Å². The van der Waals surface area contributed by atoms with Crippen LogP contribution in [-0.4, -0.2) is 31.0 Å². The average Bonchev–Trinajstić information content (AvgIpc) is 1.97. The predicted octanol–water partition coefficient (Wildman–Crippen LogP) is 0.115. The normalized spacial score (nSPS) is 9.00. The van der Waals surface area contributed by atoms with Gasteiger partial charge in [0.05, 0.1) is 13.2 Å². The summed E-state index contributed by atoms with van der Waals surface area (Å²) in [4.78, 5) is 10.5. The summed E-state index contributed by atoms with van der Waals surface area (Å²) in [7, 11) is 0. The molecule has 0 saturated heterocycles. The van der Waals surface area contributed by atoms with Crippen molar-refractivity contribution in [1.29, 1.82) is 0 Å². The van der Waals surface area contributed by atoms with Gasteiger partial charge in [0.1, 0.15) is 0 Å². The lowest BCUT2D eigenvalue weighted by Crippen LogP contribution is -2.27. The first kappa shape index (κ1) is 9.23. The summed E-state index contributed by atoms with van der Waals surface area (Å²) in [6, 6.07) is 0. The van der Waals surface area contributed by atoms with E-state index in [1.165, 1.54) is 0 Å². The molecule has 2 N–H and O–H groups in total. The Balaban J connectivity index is 3.09. The number of nitrogens with one attached hydrogen (secondary N) is 1. The molecular formula is C6H13NO3. The second-order valence-electron chi connectivity index (χ2n) is 1.79. The third kappa shape index (κ3) is 5.37. The number of carbonyl (C=O) groups is 1. The van der Waals surface area contributed by atoms with Crippen LogP contribution in [0.15, 0.2) is 0 Å². The van der Waals surface area contributed by atoms with Crippen LogP contribution in [0.1, 0.15) is 13.3 Å². The lowest BCUT2D eigenvalue weighted by atomic mass is 10.5. The Bertz CT molecular complexity index is 85.0. The number of hydrogen-bond acceptors (Lipinski definition) is 3. The van der Waals surface area contributed by atoms with Crippen molar-refractivity contribution in [2.45, 2.75) is 13.3 Å². The van der Waals surface area contributed by atoms with Crippen molar-refractivity contribution in [2.75, 3.05) is 19.8 Å². The minimum atomic E-state index is -0.462. The van der Waals surface area contributed by atoms with E-state index in [-0.39, 0.29) is 13.2 Å². The lowest BCUT2D eigenvalue weighted by molar-refractivity contribution is 0.143. The van der Waals surface area contributed by atoms with E-state index >= 15 is 0 Å². The number of alkyl carbamates (subject to hydrolysis) is 1. The summed E-state index contributed by atoms with van der Waals surface area (Å²) in [5.41, 5.74) is 0. The molecule has 0 rings (SSSR count). The highest BCUT2D eigenvalue weighted by molar-refractivity contribution is 5.66. The van der Waals surface area contributed by atoms with E-state index in [1.54, 1.807) is 0 Å². The number of hydrogen-bond donors (Lipinski definition) is 2. The van der Waals surface area contributed by atoms with Crippen molar-refractivity contribution in [3.05, 3.63) is 0 Å². The maximum atomic E-state index is 10.5. The van der Waals surface area contributed by atoms with E-state index in [2.05, 4.69) is 10.1 Å². The van der Waals surface area contributed by atoms with Crippen LogP contribution < -0.4 is 5.32 Å². The SMILES string of the molecule is CCCOC(=O)NCCO. The number of aliphatic hydroxyl groups excluding tert-OH is 1. The van der Waals surface area contributed by atoms with E-state index in [4.69, 9.17) is 5.11 Å². The highest BCUT2D eigenvalue weighted by Gasteiger charge is 1.96. The van der Waals surface area contributed by atoms with Gasteiger partial charge in [-0.05, 0) is 6.42 Å². The average molecular weight is 147 g/mol. The molecule has 0 atom stereocenters. The highest BCUT2D eigenvalue weighted by atomic mass is 16.5. The van der Waals surface area contributed by atoms with Crippen LogP contribution in [-0.2, 0) is 4.74 Å². The molecule has 0 aromatic heterocycles. The topological polar surface area (TPSA) is 58.6 Å². The molecule has 60 valence electrons. The monoisotopic (exact) mass is 147 g/mol. The molecule has 1 amide bonds. The molecule has 0 aromatic carbocycles. The van der Waals surface area contributed by atoms with Crippen molar-refractivity contribution in [3.8, 4) is 0 Å². The Kier molecular flexibility index (Phi) is 5.86. The second kappa shape index (κ2) is 6.35. The molecule has 0 fully saturated rings. The molecule has 0 aliphatic heterocycles. The van der Waals surface area contributed by atoms with Gasteiger partial charge in [-0.3, -0.25) is 0 Å². The van der Waals surface area contributed by atoms with Gasteiger partial charge in [0.25, 0.3) is 0 Å². The molecular weight excluding hydrogens is 134 g/mol. The van der Waals surface area contributed by atoms with E-state index in [0.29, 0.717) is 6.61 Å². The van der Waals surface area contributed by atoms with Crippen LogP contribution in [0, 0.1) is 0 Å². The summed E-state index contributed by atoms with van der Waals surface area (Å²) in [6.45, 7) is 2.54. The second-order valence-corrected chi connectivity index (χ2v) is 1.79. The van der Waals surface area contributed by atoms with Crippen molar-refractivity contribution >= 4 is 6.09 Å². The van der Waals surface area contributed by atoms with Crippen LogP contribution in [0.2, 0.25) is 0 Å². The molecule has 0 saturated carbocycles. The first-order valence-corrected chi connectivity index (χ1v) is 3.32. The zero-order chi connectivity index (χ0) is 7.82. The van der Waals surface area contributed by atoms with E-state index in [1.807, 2.05) is 6.92 Å². The molecule has 0 unspecified atom stereocenters. The van der Waals surface area contributed by atoms with Crippen molar-refractivity contribution in [2.24, 2.45) is 0 Å². The maximum Gasteiger partial charge on any atom is 0.407 e. The molecule has 0 bridgehead atoms. The minimum Gasteiger partial charge on any atom is -0.450 e. The van der Waals surface area contributed by atoms with Crippen molar-refractivity contribution in [3.63, 3.8) is 0 Å². The third-order valence-electron chi connectivity index (χ3n) is 0.818. The summed E-state index contributed by atoms with van der Waals surface area (Å²) in [5.74, 6) is 0. The number of aliphatic hydroxyl groups is 1.